The molecule has 0 amide bonds. The number of ether oxygens (including phenoxy) is 1. The number of hydrogen-bond donors (Lipinski definition) is 1. The van der Waals surface area contributed by atoms with Gasteiger partial charge >= 0.3 is 5.97 Å². The molecule has 0 unspecified atom stereocenters. The molecule has 0 atom stereocenters. The third-order valence-corrected chi connectivity index (χ3v) is 3.27. The van der Waals surface area contributed by atoms with E-state index < -0.39 is 0 Å². The zero-order valence-electron chi connectivity index (χ0n) is 9.66. The normalized spacial score (nSPS) is 10.2. The topological polar surface area (TPSA) is 52.3 Å². The molecular formula is C12H17NO2S. The van der Waals surface area contributed by atoms with Gasteiger partial charge in [-0.3, -0.25) is 4.79 Å². The van der Waals surface area contributed by atoms with Crippen LogP contribution in [0.1, 0.15) is 18.1 Å². The van der Waals surface area contributed by atoms with Crippen molar-refractivity contribution in [2.75, 3.05) is 12.4 Å². The Hall–Kier alpha value is -1.00. The predicted octanol–water partition coefficient (Wildman–Crippen LogP) is 2.11. The number of carbonyl (C=O) groups excluding carboxylic acids is 1. The molecule has 88 valence electrons. The molecule has 0 spiro atoms. The van der Waals surface area contributed by atoms with Crippen LogP contribution in [0.5, 0.6) is 0 Å². The van der Waals surface area contributed by atoms with E-state index in [9.17, 15) is 4.79 Å². The number of thioether (sulfide) groups is 1. The first-order chi connectivity index (χ1) is 7.67. The predicted molar refractivity (Wildman–Crippen MR) is 66.4 cm³/mol. The standard InChI is InChI=1S/C12H17NO2S/c1-3-15-12(14)8-16-11-5-4-10(7-13)6-9(11)2/h4-6H,3,7-8,13H2,1-2H3. The second kappa shape index (κ2) is 6.55. The van der Waals surface area contributed by atoms with Crippen molar-refractivity contribution in [3.8, 4) is 0 Å². The Balaban J connectivity index is 2.57. The highest BCUT2D eigenvalue weighted by molar-refractivity contribution is 8.00. The molecule has 0 aliphatic heterocycles. The minimum Gasteiger partial charge on any atom is -0.465 e. The highest BCUT2D eigenvalue weighted by Gasteiger charge is 2.05. The van der Waals surface area contributed by atoms with E-state index in [2.05, 4.69) is 0 Å². The maximum Gasteiger partial charge on any atom is 0.316 e. The van der Waals surface area contributed by atoms with Gasteiger partial charge in [0.05, 0.1) is 12.4 Å². The van der Waals surface area contributed by atoms with Crippen molar-refractivity contribution in [3.05, 3.63) is 29.3 Å². The van der Waals surface area contributed by atoms with Crippen LogP contribution in [0.3, 0.4) is 0 Å². The Bertz CT molecular complexity index is 366. The molecule has 0 aliphatic carbocycles. The molecule has 0 saturated carbocycles. The minimum absolute atomic E-state index is 0.171. The van der Waals surface area contributed by atoms with Crippen LogP contribution in [0.4, 0.5) is 0 Å². The van der Waals surface area contributed by atoms with E-state index in [1.807, 2.05) is 32.0 Å². The van der Waals surface area contributed by atoms with Crippen LogP contribution in [0.2, 0.25) is 0 Å². The Labute approximate surface area is 100 Å². The molecule has 1 aromatic carbocycles. The average molecular weight is 239 g/mol. The smallest absolute Gasteiger partial charge is 0.316 e. The molecule has 0 heterocycles. The van der Waals surface area contributed by atoms with E-state index in [4.69, 9.17) is 10.5 Å². The lowest BCUT2D eigenvalue weighted by molar-refractivity contribution is -0.139. The molecule has 0 fully saturated rings. The summed E-state index contributed by atoms with van der Waals surface area (Å²) in [5.74, 6) is 0.186. The van der Waals surface area contributed by atoms with Crippen molar-refractivity contribution in [3.63, 3.8) is 0 Å². The highest BCUT2D eigenvalue weighted by atomic mass is 32.2. The SMILES string of the molecule is CCOC(=O)CSc1ccc(CN)cc1C. The van der Waals surface area contributed by atoms with Gasteiger partial charge in [-0.05, 0) is 31.0 Å². The maximum atomic E-state index is 11.2. The third kappa shape index (κ3) is 3.87. The summed E-state index contributed by atoms with van der Waals surface area (Å²) in [7, 11) is 0. The first kappa shape index (κ1) is 13.1. The van der Waals surface area contributed by atoms with E-state index in [-0.39, 0.29) is 5.97 Å². The number of rotatable bonds is 5. The summed E-state index contributed by atoms with van der Waals surface area (Å²) < 4.78 is 4.87. The number of carbonyl (C=O) groups is 1. The van der Waals surface area contributed by atoms with Gasteiger partial charge in [0, 0.05) is 11.4 Å². The molecule has 2 N–H and O–H groups in total. The summed E-state index contributed by atoms with van der Waals surface area (Å²) in [6.07, 6.45) is 0. The Morgan fingerprint density at radius 3 is 2.81 bits per heavy atom. The van der Waals surface area contributed by atoms with Gasteiger partial charge in [0.15, 0.2) is 0 Å². The van der Waals surface area contributed by atoms with Crippen molar-refractivity contribution in [2.24, 2.45) is 5.73 Å². The van der Waals surface area contributed by atoms with Crippen LogP contribution in [0, 0.1) is 6.92 Å². The quantitative estimate of drug-likeness (QED) is 0.631. The molecule has 4 heteroatoms. The van der Waals surface area contributed by atoms with Crippen LogP contribution in [-0.4, -0.2) is 18.3 Å². The molecule has 0 saturated heterocycles. The van der Waals surface area contributed by atoms with E-state index >= 15 is 0 Å². The summed E-state index contributed by atoms with van der Waals surface area (Å²) in [5.41, 5.74) is 7.81. The second-order valence-electron chi connectivity index (χ2n) is 3.40. The lowest BCUT2D eigenvalue weighted by atomic mass is 10.1. The number of aryl methyl sites for hydroxylation is 1. The van der Waals surface area contributed by atoms with Gasteiger partial charge in [-0.25, -0.2) is 0 Å². The van der Waals surface area contributed by atoms with Crippen LogP contribution in [0.15, 0.2) is 23.1 Å². The third-order valence-electron chi connectivity index (χ3n) is 2.13. The van der Waals surface area contributed by atoms with E-state index in [1.54, 1.807) is 0 Å². The van der Waals surface area contributed by atoms with E-state index in [0.717, 1.165) is 16.0 Å². The fourth-order valence-corrected chi connectivity index (χ4v) is 2.15. The van der Waals surface area contributed by atoms with Gasteiger partial charge in [0.25, 0.3) is 0 Å². The van der Waals surface area contributed by atoms with Crippen LogP contribution in [0.25, 0.3) is 0 Å². The lowest BCUT2D eigenvalue weighted by Crippen LogP contribution is -2.06. The zero-order chi connectivity index (χ0) is 12.0. The monoisotopic (exact) mass is 239 g/mol. The van der Waals surface area contributed by atoms with Crippen molar-refractivity contribution >= 4 is 17.7 Å². The van der Waals surface area contributed by atoms with Gasteiger partial charge in [0.1, 0.15) is 0 Å². The summed E-state index contributed by atoms with van der Waals surface area (Å²) >= 11 is 1.50. The van der Waals surface area contributed by atoms with Gasteiger partial charge in [0.2, 0.25) is 0 Å². The highest BCUT2D eigenvalue weighted by Crippen LogP contribution is 2.23. The number of benzene rings is 1. The Morgan fingerprint density at radius 1 is 1.50 bits per heavy atom. The lowest BCUT2D eigenvalue weighted by Gasteiger charge is -2.07. The zero-order valence-corrected chi connectivity index (χ0v) is 10.5. The second-order valence-corrected chi connectivity index (χ2v) is 4.41. The summed E-state index contributed by atoms with van der Waals surface area (Å²) in [6, 6.07) is 6.04. The average Bonchev–Trinajstić information content (AvgIpc) is 2.27. The minimum atomic E-state index is -0.171. The first-order valence-corrected chi connectivity index (χ1v) is 6.24. The van der Waals surface area contributed by atoms with Crippen LogP contribution < -0.4 is 5.73 Å². The van der Waals surface area contributed by atoms with Crippen molar-refractivity contribution in [2.45, 2.75) is 25.3 Å². The van der Waals surface area contributed by atoms with Gasteiger partial charge in [-0.1, -0.05) is 12.1 Å². The van der Waals surface area contributed by atoms with Crippen molar-refractivity contribution in [1.82, 2.24) is 0 Å². The fourth-order valence-electron chi connectivity index (χ4n) is 1.34. The van der Waals surface area contributed by atoms with Crippen molar-refractivity contribution < 1.29 is 9.53 Å². The molecule has 1 rings (SSSR count). The number of hydrogen-bond acceptors (Lipinski definition) is 4. The number of esters is 1. The number of nitrogens with two attached hydrogens (primary N) is 1. The van der Waals surface area contributed by atoms with Crippen LogP contribution in [-0.2, 0) is 16.1 Å². The molecule has 0 aliphatic rings. The molecule has 0 bridgehead atoms. The molecule has 3 nitrogen and oxygen atoms in total. The molecular weight excluding hydrogens is 222 g/mol. The largest absolute Gasteiger partial charge is 0.465 e. The molecule has 16 heavy (non-hydrogen) atoms. The summed E-state index contributed by atoms with van der Waals surface area (Å²) in [5, 5.41) is 0. The van der Waals surface area contributed by atoms with E-state index in [1.165, 1.54) is 11.8 Å². The van der Waals surface area contributed by atoms with E-state index in [0.29, 0.717) is 18.9 Å². The van der Waals surface area contributed by atoms with Crippen molar-refractivity contribution in [1.29, 1.82) is 0 Å². The van der Waals surface area contributed by atoms with Crippen LogP contribution >= 0.6 is 11.8 Å². The van der Waals surface area contributed by atoms with Gasteiger partial charge < -0.3 is 10.5 Å². The summed E-state index contributed by atoms with van der Waals surface area (Å²) in [6.45, 7) is 4.81. The molecule has 0 aromatic heterocycles. The Morgan fingerprint density at radius 2 is 2.25 bits per heavy atom. The van der Waals surface area contributed by atoms with Gasteiger partial charge in [-0.2, -0.15) is 0 Å². The Kier molecular flexibility index (Phi) is 5.35. The van der Waals surface area contributed by atoms with Gasteiger partial charge in [-0.15, -0.1) is 11.8 Å². The maximum absolute atomic E-state index is 11.2. The summed E-state index contributed by atoms with van der Waals surface area (Å²) in [4.78, 5) is 12.3. The molecule has 1 aromatic rings. The molecule has 0 radical (unpaired) electrons. The first-order valence-electron chi connectivity index (χ1n) is 5.25. The fraction of sp³-hybridized carbons (Fsp3) is 0.417.